The number of alkyl halides is 3. The van der Waals surface area contributed by atoms with Gasteiger partial charge in [-0.25, -0.2) is 0 Å². The van der Waals surface area contributed by atoms with Crippen LogP contribution in [0.25, 0.3) is 0 Å². The molecule has 3 nitrogen and oxygen atoms in total. The molecule has 0 radical (unpaired) electrons. The molecule has 0 aliphatic heterocycles. The second-order valence-electron chi connectivity index (χ2n) is 5.45. The van der Waals surface area contributed by atoms with Crippen LogP contribution in [0.1, 0.15) is 25.0 Å². The number of para-hydroxylation sites is 1. The first-order valence-electron chi connectivity index (χ1n) is 7.64. The highest BCUT2D eigenvalue weighted by molar-refractivity contribution is 5.96. The van der Waals surface area contributed by atoms with Crippen molar-refractivity contribution in [3.05, 3.63) is 59.7 Å². The van der Waals surface area contributed by atoms with E-state index < -0.39 is 23.7 Å². The Labute approximate surface area is 138 Å². The molecule has 0 saturated carbocycles. The average molecular weight is 336 g/mol. The van der Waals surface area contributed by atoms with Gasteiger partial charge in [-0.3, -0.25) is 4.79 Å². The number of halogens is 3. The fraction of sp³-hybridized carbons (Fsp3) is 0.278. The molecule has 24 heavy (non-hydrogen) atoms. The van der Waals surface area contributed by atoms with E-state index in [0.717, 1.165) is 23.7 Å². The van der Waals surface area contributed by atoms with Gasteiger partial charge in [0.15, 0.2) is 0 Å². The summed E-state index contributed by atoms with van der Waals surface area (Å²) in [6.07, 6.45) is -3.66. The van der Waals surface area contributed by atoms with Gasteiger partial charge in [0.1, 0.15) is 6.04 Å². The molecule has 0 spiro atoms. The molecule has 0 aromatic heterocycles. The van der Waals surface area contributed by atoms with Gasteiger partial charge in [0.2, 0.25) is 5.91 Å². The van der Waals surface area contributed by atoms with E-state index in [0.29, 0.717) is 0 Å². The van der Waals surface area contributed by atoms with Crippen LogP contribution in [-0.2, 0) is 17.4 Å². The second kappa shape index (κ2) is 7.38. The number of rotatable bonds is 5. The fourth-order valence-corrected chi connectivity index (χ4v) is 2.28. The first kappa shape index (κ1) is 17.8. The van der Waals surface area contributed by atoms with Gasteiger partial charge in [-0.15, -0.1) is 0 Å². The van der Waals surface area contributed by atoms with Crippen LogP contribution in [0.3, 0.4) is 0 Å². The maximum Gasteiger partial charge on any atom is 0.418 e. The summed E-state index contributed by atoms with van der Waals surface area (Å²) in [5.41, 5.74) is 0.751. The summed E-state index contributed by atoms with van der Waals surface area (Å²) in [6.45, 7) is 3.62. The zero-order chi connectivity index (χ0) is 17.7. The quantitative estimate of drug-likeness (QED) is 0.830. The molecule has 0 bridgehead atoms. The Balaban J connectivity index is 2.09. The van der Waals surface area contributed by atoms with Gasteiger partial charge < -0.3 is 10.6 Å². The smallest absolute Gasteiger partial charge is 0.374 e. The van der Waals surface area contributed by atoms with Crippen LogP contribution >= 0.6 is 0 Å². The summed E-state index contributed by atoms with van der Waals surface area (Å²) in [5, 5.41) is 5.35. The highest BCUT2D eigenvalue weighted by Crippen LogP contribution is 2.34. The van der Waals surface area contributed by atoms with Crippen LogP contribution in [0.4, 0.5) is 24.5 Å². The maximum atomic E-state index is 13.0. The van der Waals surface area contributed by atoms with Crippen molar-refractivity contribution in [3.63, 3.8) is 0 Å². The van der Waals surface area contributed by atoms with Crippen molar-refractivity contribution in [1.29, 1.82) is 0 Å². The van der Waals surface area contributed by atoms with Crippen LogP contribution in [0.2, 0.25) is 0 Å². The first-order valence-corrected chi connectivity index (χ1v) is 7.64. The van der Waals surface area contributed by atoms with Crippen molar-refractivity contribution in [2.75, 3.05) is 10.6 Å². The average Bonchev–Trinajstić information content (AvgIpc) is 2.54. The molecular formula is C18H19F3N2O. The van der Waals surface area contributed by atoms with Crippen molar-refractivity contribution >= 4 is 17.3 Å². The lowest BCUT2D eigenvalue weighted by Crippen LogP contribution is -2.32. The van der Waals surface area contributed by atoms with E-state index in [1.165, 1.54) is 18.2 Å². The van der Waals surface area contributed by atoms with Gasteiger partial charge in [-0.1, -0.05) is 31.2 Å². The summed E-state index contributed by atoms with van der Waals surface area (Å²) in [6, 6.07) is 11.8. The highest BCUT2D eigenvalue weighted by atomic mass is 19.4. The van der Waals surface area contributed by atoms with Gasteiger partial charge in [0, 0.05) is 5.69 Å². The molecule has 2 aromatic carbocycles. The van der Waals surface area contributed by atoms with Crippen LogP contribution in [-0.4, -0.2) is 11.9 Å². The van der Waals surface area contributed by atoms with Crippen LogP contribution in [0.15, 0.2) is 48.5 Å². The Morgan fingerprint density at radius 3 is 2.50 bits per heavy atom. The third kappa shape index (κ3) is 4.50. The monoisotopic (exact) mass is 336 g/mol. The zero-order valence-electron chi connectivity index (χ0n) is 13.4. The van der Waals surface area contributed by atoms with Crippen LogP contribution in [0, 0.1) is 0 Å². The number of amides is 1. The van der Waals surface area contributed by atoms with Gasteiger partial charge in [-0.2, -0.15) is 13.2 Å². The summed E-state index contributed by atoms with van der Waals surface area (Å²) >= 11 is 0. The highest BCUT2D eigenvalue weighted by Gasteiger charge is 2.33. The summed E-state index contributed by atoms with van der Waals surface area (Å²) < 4.78 is 38.9. The van der Waals surface area contributed by atoms with Gasteiger partial charge >= 0.3 is 6.18 Å². The van der Waals surface area contributed by atoms with Crippen LogP contribution < -0.4 is 10.6 Å². The molecule has 2 rings (SSSR count). The van der Waals surface area contributed by atoms with Crippen molar-refractivity contribution in [2.24, 2.45) is 0 Å². The predicted octanol–water partition coefficient (Wildman–Crippen LogP) is 4.71. The van der Waals surface area contributed by atoms with Crippen molar-refractivity contribution in [3.8, 4) is 0 Å². The molecule has 0 heterocycles. The molecule has 6 heteroatoms. The summed E-state index contributed by atoms with van der Waals surface area (Å²) in [4.78, 5) is 12.2. The minimum absolute atomic E-state index is 0.244. The van der Waals surface area contributed by atoms with Gasteiger partial charge in [0.05, 0.1) is 11.3 Å². The molecule has 0 aliphatic rings. The number of hydrogen-bond donors (Lipinski definition) is 2. The molecule has 0 unspecified atom stereocenters. The van der Waals surface area contributed by atoms with Gasteiger partial charge in [0.25, 0.3) is 0 Å². The lowest BCUT2D eigenvalue weighted by Gasteiger charge is -2.18. The van der Waals surface area contributed by atoms with Crippen molar-refractivity contribution < 1.29 is 18.0 Å². The molecule has 2 N–H and O–H groups in total. The molecule has 0 fully saturated rings. The lowest BCUT2D eigenvalue weighted by molar-refractivity contribution is -0.137. The van der Waals surface area contributed by atoms with E-state index in [1.54, 1.807) is 6.92 Å². The SMILES string of the molecule is CCc1cccc(N[C@H](C)C(=O)Nc2ccccc2C(F)(F)F)c1. The largest absolute Gasteiger partial charge is 0.418 e. The zero-order valence-corrected chi connectivity index (χ0v) is 13.4. The van der Waals surface area contributed by atoms with E-state index in [2.05, 4.69) is 10.6 Å². The number of benzene rings is 2. The van der Waals surface area contributed by atoms with E-state index in [9.17, 15) is 18.0 Å². The Hall–Kier alpha value is -2.50. The Bertz CT molecular complexity index is 713. The standard InChI is InChI=1S/C18H19F3N2O/c1-3-13-7-6-8-14(11-13)22-12(2)17(24)23-16-10-5-4-9-15(16)18(19,20)21/h4-12,22H,3H2,1-2H3,(H,23,24)/t12-/m1/s1. The normalized spacial score (nSPS) is 12.5. The molecule has 2 aromatic rings. The third-order valence-electron chi connectivity index (χ3n) is 3.60. The lowest BCUT2D eigenvalue weighted by atomic mass is 10.1. The predicted molar refractivity (Wildman–Crippen MR) is 89.0 cm³/mol. The molecular weight excluding hydrogens is 317 g/mol. The molecule has 1 atom stereocenters. The minimum atomic E-state index is -4.52. The second-order valence-corrected chi connectivity index (χ2v) is 5.45. The van der Waals surface area contributed by atoms with Gasteiger partial charge in [-0.05, 0) is 43.2 Å². The van der Waals surface area contributed by atoms with E-state index in [1.807, 2.05) is 31.2 Å². The van der Waals surface area contributed by atoms with E-state index in [-0.39, 0.29) is 5.69 Å². The Morgan fingerprint density at radius 1 is 1.12 bits per heavy atom. The molecule has 0 aliphatic carbocycles. The fourth-order valence-electron chi connectivity index (χ4n) is 2.28. The summed E-state index contributed by atoms with van der Waals surface area (Å²) in [5.74, 6) is -0.534. The first-order chi connectivity index (χ1) is 11.3. The minimum Gasteiger partial charge on any atom is -0.374 e. The topological polar surface area (TPSA) is 41.1 Å². The molecule has 0 saturated heterocycles. The Kier molecular flexibility index (Phi) is 5.49. The number of nitrogens with one attached hydrogen (secondary N) is 2. The number of carbonyl (C=O) groups excluding carboxylic acids is 1. The van der Waals surface area contributed by atoms with Crippen molar-refractivity contribution in [2.45, 2.75) is 32.5 Å². The number of hydrogen-bond acceptors (Lipinski definition) is 2. The maximum absolute atomic E-state index is 13.0. The molecule has 128 valence electrons. The van der Waals surface area contributed by atoms with E-state index in [4.69, 9.17) is 0 Å². The number of anilines is 2. The van der Waals surface area contributed by atoms with E-state index >= 15 is 0 Å². The Morgan fingerprint density at radius 2 is 1.83 bits per heavy atom. The number of carbonyl (C=O) groups is 1. The summed E-state index contributed by atoms with van der Waals surface area (Å²) in [7, 11) is 0. The number of aryl methyl sites for hydroxylation is 1. The third-order valence-corrected chi connectivity index (χ3v) is 3.60. The molecule has 1 amide bonds. The van der Waals surface area contributed by atoms with Crippen molar-refractivity contribution in [1.82, 2.24) is 0 Å². The van der Waals surface area contributed by atoms with Crippen LogP contribution in [0.5, 0.6) is 0 Å².